The van der Waals surface area contributed by atoms with E-state index in [0.29, 0.717) is 36.8 Å². The molecule has 0 aromatic heterocycles. The lowest BCUT2D eigenvalue weighted by Gasteiger charge is -2.33. The molecular weight excluding hydrogens is 402 g/mol. The topological polar surface area (TPSA) is 72.9 Å². The second-order valence-electron chi connectivity index (χ2n) is 8.24. The highest BCUT2D eigenvalue weighted by Gasteiger charge is 2.37. The first-order valence-corrected chi connectivity index (χ1v) is 11.9. The van der Waals surface area contributed by atoms with Crippen molar-refractivity contribution in [2.75, 3.05) is 18.2 Å². The van der Waals surface area contributed by atoms with Crippen LogP contribution in [0.3, 0.4) is 0 Å². The van der Waals surface area contributed by atoms with Crippen molar-refractivity contribution in [2.24, 2.45) is 0 Å². The Morgan fingerprint density at radius 3 is 2.70 bits per heavy atom. The number of ether oxygens (including phenoxy) is 2. The molecule has 0 spiro atoms. The van der Waals surface area contributed by atoms with Crippen molar-refractivity contribution in [1.29, 1.82) is 0 Å². The highest BCUT2D eigenvalue weighted by atomic mass is 32.2. The number of carbonyl (C=O) groups is 1. The first-order chi connectivity index (χ1) is 14.3. The van der Waals surface area contributed by atoms with E-state index < -0.39 is 9.84 Å². The summed E-state index contributed by atoms with van der Waals surface area (Å²) in [5, 5.41) is 0. The average molecular weight is 426 g/mol. The number of allylic oxidation sites excluding steroid dienone is 1. The van der Waals surface area contributed by atoms with Crippen LogP contribution in [-0.4, -0.2) is 43.4 Å². The molecule has 3 aliphatic rings. The Hall–Kier alpha value is -2.64. The molecule has 1 atom stereocenters. The maximum atomic E-state index is 13.0. The third kappa shape index (κ3) is 3.22. The molecule has 0 amide bonds. The number of fused-ring (bicyclic) bond motifs is 2. The van der Waals surface area contributed by atoms with E-state index in [4.69, 9.17) is 9.47 Å². The minimum absolute atomic E-state index is 0.0415. The predicted molar refractivity (Wildman–Crippen MR) is 113 cm³/mol. The van der Waals surface area contributed by atoms with Crippen molar-refractivity contribution in [3.05, 3.63) is 63.9 Å². The van der Waals surface area contributed by atoms with Gasteiger partial charge in [-0.05, 0) is 43.5 Å². The van der Waals surface area contributed by atoms with Gasteiger partial charge in [-0.15, -0.1) is 0 Å². The lowest BCUT2D eigenvalue weighted by Crippen LogP contribution is -2.41. The Kier molecular flexibility index (Phi) is 4.48. The third-order valence-electron chi connectivity index (χ3n) is 6.16. The fourth-order valence-electron chi connectivity index (χ4n) is 4.45. The zero-order chi connectivity index (χ0) is 21.0. The molecule has 0 N–H and O–H groups in total. The zero-order valence-electron chi connectivity index (χ0n) is 17.0. The van der Waals surface area contributed by atoms with E-state index in [1.54, 1.807) is 6.08 Å². The van der Waals surface area contributed by atoms with Gasteiger partial charge in [0.05, 0.1) is 17.1 Å². The lowest BCUT2D eigenvalue weighted by molar-refractivity contribution is 0.0637. The first-order valence-electron chi connectivity index (χ1n) is 10.1. The fraction of sp³-hybridized carbons (Fsp3) is 0.348. The number of carbonyl (C=O) groups excluding carboxylic acids is 1. The van der Waals surface area contributed by atoms with E-state index in [1.165, 1.54) is 0 Å². The number of nitrogens with zero attached hydrogens (tertiary/aromatic N) is 1. The summed E-state index contributed by atoms with van der Waals surface area (Å²) in [6.07, 6.45) is 2.41. The van der Waals surface area contributed by atoms with Crippen LogP contribution < -0.4 is 9.47 Å². The van der Waals surface area contributed by atoms with Crippen LogP contribution in [0.4, 0.5) is 0 Å². The van der Waals surface area contributed by atoms with Gasteiger partial charge in [-0.3, -0.25) is 9.69 Å². The molecule has 5 rings (SSSR count). The van der Waals surface area contributed by atoms with Crippen molar-refractivity contribution in [2.45, 2.75) is 32.9 Å². The number of hydrogen-bond acceptors (Lipinski definition) is 6. The van der Waals surface area contributed by atoms with Crippen LogP contribution in [0, 0.1) is 13.8 Å². The summed E-state index contributed by atoms with van der Waals surface area (Å²) < 4.78 is 35.7. The molecule has 2 aromatic rings. The number of sulfone groups is 1. The van der Waals surface area contributed by atoms with E-state index >= 15 is 0 Å². The van der Waals surface area contributed by atoms with E-state index in [-0.39, 0.29) is 23.3 Å². The molecule has 30 heavy (non-hydrogen) atoms. The molecule has 6 nitrogen and oxygen atoms in total. The number of aryl methyl sites for hydroxylation is 1. The van der Waals surface area contributed by atoms with Crippen molar-refractivity contribution in [1.82, 2.24) is 4.90 Å². The summed E-state index contributed by atoms with van der Waals surface area (Å²) in [7, 11) is -2.97. The molecule has 1 unspecified atom stereocenters. The van der Waals surface area contributed by atoms with Crippen LogP contribution in [0.5, 0.6) is 11.5 Å². The minimum Gasteiger partial charge on any atom is -0.477 e. The van der Waals surface area contributed by atoms with E-state index in [0.717, 1.165) is 28.0 Å². The smallest absolute Gasteiger partial charge is 0.231 e. The molecule has 0 radical (unpaired) electrons. The average Bonchev–Trinajstić information content (AvgIpc) is 3.23. The van der Waals surface area contributed by atoms with Gasteiger partial charge in [0.2, 0.25) is 5.78 Å². The van der Waals surface area contributed by atoms with Crippen LogP contribution in [0.1, 0.15) is 39.0 Å². The van der Waals surface area contributed by atoms with Gasteiger partial charge in [0.1, 0.15) is 18.2 Å². The summed E-state index contributed by atoms with van der Waals surface area (Å²) >= 11 is 0. The zero-order valence-corrected chi connectivity index (χ0v) is 17.8. The SMILES string of the molecule is Cc1ccccc1/C=C1\Oc2c(cc3c(c2C)OCN(C2CCS(=O)(=O)C2)C3)C1=O. The lowest BCUT2D eigenvalue weighted by atomic mass is 9.99. The molecule has 3 aliphatic heterocycles. The molecule has 0 aliphatic carbocycles. The number of Topliss-reactive ketones (excluding diaryl/α,β-unsaturated/α-hetero) is 1. The molecule has 0 bridgehead atoms. The molecule has 156 valence electrons. The molecular formula is C23H23NO5S. The van der Waals surface area contributed by atoms with Gasteiger partial charge in [0.25, 0.3) is 0 Å². The van der Waals surface area contributed by atoms with Crippen molar-refractivity contribution < 1.29 is 22.7 Å². The second kappa shape index (κ2) is 6.96. The monoisotopic (exact) mass is 425 g/mol. The van der Waals surface area contributed by atoms with Crippen LogP contribution >= 0.6 is 0 Å². The Morgan fingerprint density at radius 1 is 1.17 bits per heavy atom. The molecule has 1 fully saturated rings. The van der Waals surface area contributed by atoms with Crippen LogP contribution in [0.2, 0.25) is 0 Å². The summed E-state index contributed by atoms with van der Waals surface area (Å²) in [5.41, 5.74) is 4.26. The van der Waals surface area contributed by atoms with Crippen molar-refractivity contribution in [3.63, 3.8) is 0 Å². The molecule has 3 heterocycles. The molecule has 1 saturated heterocycles. The first kappa shape index (κ1) is 19.3. The molecule has 2 aromatic carbocycles. The molecule has 7 heteroatoms. The van der Waals surface area contributed by atoms with Crippen molar-refractivity contribution >= 4 is 21.7 Å². The highest BCUT2D eigenvalue weighted by molar-refractivity contribution is 7.91. The van der Waals surface area contributed by atoms with E-state index in [1.807, 2.05) is 49.1 Å². The predicted octanol–water partition coefficient (Wildman–Crippen LogP) is 3.26. The van der Waals surface area contributed by atoms with Crippen LogP contribution in [-0.2, 0) is 16.4 Å². The molecule has 0 saturated carbocycles. The number of ketones is 1. The summed E-state index contributed by atoms with van der Waals surface area (Å²) in [5.74, 6) is 1.85. The van der Waals surface area contributed by atoms with Gasteiger partial charge in [0.15, 0.2) is 15.6 Å². The Labute approximate surface area is 176 Å². The number of hydrogen-bond donors (Lipinski definition) is 0. The van der Waals surface area contributed by atoms with Crippen molar-refractivity contribution in [3.8, 4) is 11.5 Å². The van der Waals surface area contributed by atoms with Gasteiger partial charge in [-0.1, -0.05) is 24.3 Å². The Morgan fingerprint density at radius 2 is 1.97 bits per heavy atom. The Balaban J connectivity index is 1.46. The largest absolute Gasteiger partial charge is 0.477 e. The summed E-state index contributed by atoms with van der Waals surface area (Å²) in [4.78, 5) is 15.1. The van der Waals surface area contributed by atoms with Gasteiger partial charge in [-0.25, -0.2) is 8.42 Å². The standard InChI is InChI=1S/C23H23NO5S/c1-14-5-3-4-6-16(14)10-20-21(25)19-9-17-11-24(18-7-8-30(26,27)12-18)13-28-22(17)15(2)23(19)29-20/h3-6,9-10,18H,7-8,11-13H2,1-2H3/b20-10-. The van der Waals surface area contributed by atoms with E-state index in [2.05, 4.69) is 0 Å². The third-order valence-corrected chi connectivity index (χ3v) is 7.91. The summed E-state index contributed by atoms with van der Waals surface area (Å²) in [6, 6.07) is 9.64. The number of rotatable bonds is 2. The normalized spacial score (nSPS) is 23.7. The fourth-order valence-corrected chi connectivity index (χ4v) is 6.22. The second-order valence-corrected chi connectivity index (χ2v) is 10.5. The maximum absolute atomic E-state index is 13.0. The Bertz CT molecular complexity index is 1200. The van der Waals surface area contributed by atoms with Crippen LogP contribution in [0.15, 0.2) is 36.1 Å². The minimum atomic E-state index is -2.97. The van der Waals surface area contributed by atoms with Crippen LogP contribution in [0.25, 0.3) is 6.08 Å². The van der Waals surface area contributed by atoms with E-state index in [9.17, 15) is 13.2 Å². The summed E-state index contributed by atoms with van der Waals surface area (Å²) in [6.45, 7) is 4.80. The maximum Gasteiger partial charge on any atom is 0.231 e. The van der Waals surface area contributed by atoms with Gasteiger partial charge in [-0.2, -0.15) is 0 Å². The quantitative estimate of drug-likeness (QED) is 0.688. The highest BCUT2D eigenvalue weighted by Crippen LogP contribution is 2.43. The van der Waals surface area contributed by atoms with Gasteiger partial charge >= 0.3 is 0 Å². The number of benzene rings is 2. The van der Waals surface area contributed by atoms with Gasteiger partial charge in [0, 0.05) is 23.7 Å². The van der Waals surface area contributed by atoms with Gasteiger partial charge < -0.3 is 9.47 Å².